The summed E-state index contributed by atoms with van der Waals surface area (Å²) in [6.07, 6.45) is 2.25. The zero-order valence-electron chi connectivity index (χ0n) is 9.98. The highest BCUT2D eigenvalue weighted by Gasteiger charge is 2.17. The number of nitrogens with zero attached hydrogens (tertiary/aromatic N) is 2. The van der Waals surface area contributed by atoms with Crippen molar-refractivity contribution in [2.45, 2.75) is 19.1 Å². The summed E-state index contributed by atoms with van der Waals surface area (Å²) in [5.74, 6) is 0.00403. The van der Waals surface area contributed by atoms with Crippen molar-refractivity contribution < 1.29 is 9.53 Å². The van der Waals surface area contributed by atoms with Gasteiger partial charge in [-0.3, -0.25) is 9.48 Å². The minimum absolute atomic E-state index is 0.00403. The summed E-state index contributed by atoms with van der Waals surface area (Å²) in [6.45, 7) is 2.76. The van der Waals surface area contributed by atoms with Crippen LogP contribution in [0.4, 0.5) is 0 Å². The van der Waals surface area contributed by atoms with Crippen molar-refractivity contribution in [1.82, 2.24) is 20.4 Å². The molecule has 1 amide bonds. The first-order valence-electron chi connectivity index (χ1n) is 5.81. The van der Waals surface area contributed by atoms with Crippen LogP contribution in [-0.4, -0.2) is 41.5 Å². The van der Waals surface area contributed by atoms with Gasteiger partial charge in [-0.25, -0.2) is 0 Å². The Morgan fingerprint density at radius 1 is 1.76 bits per heavy atom. The monoisotopic (exact) mass is 238 g/mol. The van der Waals surface area contributed by atoms with E-state index in [1.807, 2.05) is 19.3 Å². The number of ether oxygens (including phenoxy) is 1. The van der Waals surface area contributed by atoms with E-state index in [1.165, 1.54) is 0 Å². The van der Waals surface area contributed by atoms with Crippen LogP contribution in [0.2, 0.25) is 0 Å². The van der Waals surface area contributed by atoms with E-state index in [4.69, 9.17) is 4.74 Å². The summed E-state index contributed by atoms with van der Waals surface area (Å²) in [6, 6.07) is 1.89. The summed E-state index contributed by atoms with van der Waals surface area (Å²) >= 11 is 0. The van der Waals surface area contributed by atoms with Gasteiger partial charge >= 0.3 is 0 Å². The van der Waals surface area contributed by atoms with Crippen LogP contribution in [-0.2, 0) is 23.1 Å². The standard InChI is InChI=1S/C11H18N4O2/c1-15-4-2-9(14-15)7-13-11(16)6-10-8-12-3-5-17-10/h2,4,10,12H,3,5-8H2,1H3,(H,13,16). The molecule has 17 heavy (non-hydrogen) atoms. The fourth-order valence-corrected chi connectivity index (χ4v) is 1.78. The van der Waals surface area contributed by atoms with Gasteiger partial charge in [0.15, 0.2) is 0 Å². The van der Waals surface area contributed by atoms with E-state index in [9.17, 15) is 4.79 Å². The molecule has 0 aliphatic carbocycles. The molecular formula is C11H18N4O2. The molecule has 1 atom stereocenters. The fourth-order valence-electron chi connectivity index (χ4n) is 1.78. The molecule has 2 N–H and O–H groups in total. The first-order valence-corrected chi connectivity index (χ1v) is 5.81. The molecular weight excluding hydrogens is 220 g/mol. The van der Waals surface area contributed by atoms with E-state index in [0.29, 0.717) is 19.6 Å². The molecule has 1 saturated heterocycles. The van der Waals surface area contributed by atoms with E-state index >= 15 is 0 Å². The quantitative estimate of drug-likeness (QED) is 0.736. The van der Waals surface area contributed by atoms with Crippen molar-refractivity contribution in [3.05, 3.63) is 18.0 Å². The molecule has 0 aromatic carbocycles. The Morgan fingerprint density at radius 2 is 2.65 bits per heavy atom. The number of rotatable bonds is 4. The highest BCUT2D eigenvalue weighted by atomic mass is 16.5. The van der Waals surface area contributed by atoms with E-state index in [1.54, 1.807) is 4.68 Å². The molecule has 1 fully saturated rings. The molecule has 1 aliphatic heterocycles. The minimum atomic E-state index is -0.00696. The molecule has 6 heteroatoms. The van der Waals surface area contributed by atoms with Gasteiger partial charge in [0.05, 0.1) is 31.4 Å². The number of morpholine rings is 1. The number of aryl methyl sites for hydroxylation is 1. The van der Waals surface area contributed by atoms with Gasteiger partial charge in [-0.15, -0.1) is 0 Å². The summed E-state index contributed by atoms with van der Waals surface area (Å²) in [5.41, 5.74) is 0.864. The summed E-state index contributed by atoms with van der Waals surface area (Å²) in [4.78, 5) is 11.6. The normalized spacial score (nSPS) is 20.2. The van der Waals surface area contributed by atoms with E-state index in [2.05, 4.69) is 15.7 Å². The summed E-state index contributed by atoms with van der Waals surface area (Å²) in [5, 5.41) is 10.2. The Bertz CT molecular complexity index is 371. The third-order valence-corrected chi connectivity index (χ3v) is 2.65. The lowest BCUT2D eigenvalue weighted by molar-refractivity contribution is -0.124. The number of hydrogen-bond donors (Lipinski definition) is 2. The molecule has 1 unspecified atom stereocenters. The van der Waals surface area contributed by atoms with Crippen LogP contribution in [0.25, 0.3) is 0 Å². The van der Waals surface area contributed by atoms with Crippen LogP contribution in [0.1, 0.15) is 12.1 Å². The van der Waals surface area contributed by atoms with Crippen LogP contribution < -0.4 is 10.6 Å². The first kappa shape index (κ1) is 12.1. The van der Waals surface area contributed by atoms with Crippen molar-refractivity contribution >= 4 is 5.91 Å². The topological polar surface area (TPSA) is 68.2 Å². The predicted octanol–water partition coefficient (Wildman–Crippen LogP) is -0.585. The Kier molecular flexibility index (Phi) is 4.11. The van der Waals surface area contributed by atoms with Gasteiger partial charge < -0.3 is 15.4 Å². The third-order valence-electron chi connectivity index (χ3n) is 2.65. The number of hydrogen-bond acceptors (Lipinski definition) is 4. The van der Waals surface area contributed by atoms with Gasteiger partial charge in [-0.2, -0.15) is 5.10 Å². The molecule has 6 nitrogen and oxygen atoms in total. The molecule has 2 rings (SSSR count). The summed E-state index contributed by atoms with van der Waals surface area (Å²) in [7, 11) is 1.85. The molecule has 0 spiro atoms. The van der Waals surface area contributed by atoms with Crippen molar-refractivity contribution in [3.8, 4) is 0 Å². The Balaban J connectivity index is 1.70. The van der Waals surface area contributed by atoms with E-state index < -0.39 is 0 Å². The minimum Gasteiger partial charge on any atom is -0.375 e. The van der Waals surface area contributed by atoms with Crippen LogP contribution >= 0.6 is 0 Å². The highest BCUT2D eigenvalue weighted by molar-refractivity contribution is 5.76. The predicted molar refractivity (Wildman–Crippen MR) is 62.3 cm³/mol. The Hall–Kier alpha value is -1.40. The second kappa shape index (κ2) is 5.79. The van der Waals surface area contributed by atoms with Crippen LogP contribution in [0.3, 0.4) is 0 Å². The van der Waals surface area contributed by atoms with E-state index in [-0.39, 0.29) is 12.0 Å². The number of amides is 1. The number of nitrogens with one attached hydrogen (secondary N) is 2. The van der Waals surface area contributed by atoms with Gasteiger partial charge in [0.1, 0.15) is 0 Å². The molecule has 1 aromatic heterocycles. The first-order chi connectivity index (χ1) is 8.24. The average Bonchev–Trinajstić information content (AvgIpc) is 2.74. The number of carbonyl (C=O) groups is 1. The van der Waals surface area contributed by atoms with Crippen molar-refractivity contribution in [1.29, 1.82) is 0 Å². The SMILES string of the molecule is Cn1ccc(CNC(=O)CC2CNCCO2)n1. The van der Waals surface area contributed by atoms with Crippen molar-refractivity contribution in [3.63, 3.8) is 0 Å². The Labute approximate surface area is 100 Å². The second-order valence-corrected chi connectivity index (χ2v) is 4.16. The average molecular weight is 238 g/mol. The van der Waals surface area contributed by atoms with Gasteiger partial charge in [-0.05, 0) is 6.07 Å². The number of aromatic nitrogens is 2. The lowest BCUT2D eigenvalue weighted by atomic mass is 10.2. The summed E-state index contributed by atoms with van der Waals surface area (Å²) < 4.78 is 7.18. The van der Waals surface area contributed by atoms with Crippen LogP contribution in [0.15, 0.2) is 12.3 Å². The lowest BCUT2D eigenvalue weighted by Gasteiger charge is -2.22. The fraction of sp³-hybridized carbons (Fsp3) is 0.636. The zero-order chi connectivity index (χ0) is 12.1. The van der Waals surface area contributed by atoms with Crippen LogP contribution in [0.5, 0.6) is 0 Å². The maximum atomic E-state index is 11.6. The van der Waals surface area contributed by atoms with Gasteiger partial charge in [-0.1, -0.05) is 0 Å². The van der Waals surface area contributed by atoms with Crippen LogP contribution in [0, 0.1) is 0 Å². The van der Waals surface area contributed by atoms with E-state index in [0.717, 1.165) is 18.8 Å². The third kappa shape index (κ3) is 3.83. The maximum absolute atomic E-state index is 11.6. The molecule has 2 heterocycles. The Morgan fingerprint density at radius 3 is 3.29 bits per heavy atom. The van der Waals surface area contributed by atoms with Crippen molar-refractivity contribution in [2.24, 2.45) is 7.05 Å². The zero-order valence-corrected chi connectivity index (χ0v) is 9.98. The largest absolute Gasteiger partial charge is 0.375 e. The maximum Gasteiger partial charge on any atom is 0.222 e. The molecule has 1 aliphatic rings. The highest BCUT2D eigenvalue weighted by Crippen LogP contribution is 2.01. The van der Waals surface area contributed by atoms with Crippen molar-refractivity contribution in [2.75, 3.05) is 19.7 Å². The molecule has 1 aromatic rings. The van der Waals surface area contributed by atoms with Gasteiger partial charge in [0, 0.05) is 26.3 Å². The molecule has 0 radical (unpaired) electrons. The molecule has 0 bridgehead atoms. The second-order valence-electron chi connectivity index (χ2n) is 4.16. The molecule has 0 saturated carbocycles. The van der Waals surface area contributed by atoms with Gasteiger partial charge in [0.2, 0.25) is 5.91 Å². The molecule has 94 valence electrons. The van der Waals surface area contributed by atoms with Gasteiger partial charge in [0.25, 0.3) is 0 Å². The smallest absolute Gasteiger partial charge is 0.222 e. The number of carbonyl (C=O) groups excluding carboxylic acids is 1. The lowest BCUT2D eigenvalue weighted by Crippen LogP contribution is -2.41.